The molecule has 1 amide bonds. The quantitative estimate of drug-likeness (QED) is 0.526. The van der Waals surface area contributed by atoms with Crippen molar-refractivity contribution in [3.05, 3.63) is 59.1 Å². The number of amides is 1. The van der Waals surface area contributed by atoms with Crippen LogP contribution < -0.4 is 14.8 Å². The number of sulfonamides is 1. The van der Waals surface area contributed by atoms with E-state index in [4.69, 9.17) is 16.3 Å². The van der Waals surface area contributed by atoms with Gasteiger partial charge in [-0.05, 0) is 36.8 Å². The molecule has 0 aliphatic carbocycles. The van der Waals surface area contributed by atoms with Crippen LogP contribution in [0.3, 0.4) is 0 Å². The Balaban J connectivity index is 1.74. The maximum Gasteiger partial charge on any atom is 0.417 e. The summed E-state index contributed by atoms with van der Waals surface area (Å²) in [6.45, 7) is 0.470. The number of halogens is 4. The maximum absolute atomic E-state index is 12.9. The van der Waals surface area contributed by atoms with Crippen molar-refractivity contribution in [3.8, 4) is 5.75 Å². The van der Waals surface area contributed by atoms with Gasteiger partial charge in [-0.15, -0.1) is 0 Å². The molecule has 2 aromatic rings. The Kier molecular flexibility index (Phi) is 8.51. The minimum atomic E-state index is -4.78. The number of hydrogen-bond donors (Lipinski definition) is 2. The average Bonchev–Trinajstić information content (AvgIpc) is 2.67. The molecule has 0 saturated heterocycles. The molecule has 164 valence electrons. The van der Waals surface area contributed by atoms with E-state index < -0.39 is 37.6 Å². The van der Waals surface area contributed by atoms with Crippen molar-refractivity contribution in [1.29, 1.82) is 0 Å². The number of carbonyl (C=O) groups is 1. The zero-order valence-electron chi connectivity index (χ0n) is 15.7. The summed E-state index contributed by atoms with van der Waals surface area (Å²) in [4.78, 5) is 11.2. The maximum atomic E-state index is 12.9. The van der Waals surface area contributed by atoms with E-state index >= 15 is 0 Å². The summed E-state index contributed by atoms with van der Waals surface area (Å²) in [7, 11) is -4.22. The number of benzene rings is 2. The van der Waals surface area contributed by atoms with Gasteiger partial charge in [-0.1, -0.05) is 29.8 Å². The summed E-state index contributed by atoms with van der Waals surface area (Å²) >= 11 is 5.49. The van der Waals surface area contributed by atoms with Crippen LogP contribution in [-0.2, 0) is 21.0 Å². The van der Waals surface area contributed by atoms with Gasteiger partial charge in [-0.2, -0.15) is 13.2 Å². The molecule has 6 nitrogen and oxygen atoms in total. The van der Waals surface area contributed by atoms with E-state index in [-0.39, 0.29) is 13.0 Å². The van der Waals surface area contributed by atoms with Crippen molar-refractivity contribution in [1.82, 2.24) is 10.0 Å². The van der Waals surface area contributed by atoms with Crippen LogP contribution >= 0.6 is 11.6 Å². The molecule has 2 N–H and O–H groups in total. The van der Waals surface area contributed by atoms with Crippen molar-refractivity contribution >= 4 is 27.5 Å². The van der Waals surface area contributed by atoms with Gasteiger partial charge in [0.25, 0.3) is 0 Å². The van der Waals surface area contributed by atoms with E-state index in [0.29, 0.717) is 31.4 Å². The van der Waals surface area contributed by atoms with Crippen LogP contribution in [0, 0.1) is 0 Å². The van der Waals surface area contributed by atoms with E-state index in [9.17, 15) is 26.4 Å². The topological polar surface area (TPSA) is 84.5 Å². The molecular formula is C19H20ClF3N2O4S. The van der Waals surface area contributed by atoms with Crippen LogP contribution in [0.25, 0.3) is 0 Å². The van der Waals surface area contributed by atoms with E-state index in [0.717, 1.165) is 12.1 Å². The molecule has 0 radical (unpaired) electrons. The summed E-state index contributed by atoms with van der Waals surface area (Å²) in [5, 5.41) is 2.01. The second-order valence-corrected chi connectivity index (χ2v) is 8.33. The van der Waals surface area contributed by atoms with E-state index in [1.54, 1.807) is 0 Å². The third-order valence-corrected chi connectivity index (χ3v) is 5.64. The minimum Gasteiger partial charge on any atom is -0.494 e. The molecule has 11 heteroatoms. The highest BCUT2D eigenvalue weighted by molar-refractivity contribution is 7.89. The minimum absolute atomic E-state index is 0.168. The van der Waals surface area contributed by atoms with Crippen LogP contribution in [0.4, 0.5) is 13.2 Å². The van der Waals surface area contributed by atoms with Gasteiger partial charge >= 0.3 is 6.18 Å². The van der Waals surface area contributed by atoms with E-state index in [1.807, 2.05) is 30.3 Å². The number of para-hydroxylation sites is 1. The van der Waals surface area contributed by atoms with Gasteiger partial charge in [-0.3, -0.25) is 4.79 Å². The fourth-order valence-electron chi connectivity index (χ4n) is 2.37. The van der Waals surface area contributed by atoms with Gasteiger partial charge in [0.2, 0.25) is 15.9 Å². The summed E-state index contributed by atoms with van der Waals surface area (Å²) in [5.41, 5.74) is -1.25. The van der Waals surface area contributed by atoms with Crippen LogP contribution in [0.5, 0.6) is 5.75 Å². The van der Waals surface area contributed by atoms with E-state index in [1.165, 1.54) is 0 Å². The Labute approximate surface area is 177 Å². The van der Waals surface area contributed by atoms with Gasteiger partial charge in [0.15, 0.2) is 0 Å². The lowest BCUT2D eigenvalue weighted by Crippen LogP contribution is -2.31. The zero-order chi connectivity index (χ0) is 22.2. The summed E-state index contributed by atoms with van der Waals surface area (Å²) in [6, 6.07) is 11.4. The van der Waals surface area contributed by atoms with Gasteiger partial charge < -0.3 is 10.1 Å². The smallest absolute Gasteiger partial charge is 0.417 e. The molecule has 0 fully saturated rings. The molecule has 0 spiro atoms. The number of nitrogens with one attached hydrogen (secondary N) is 2. The van der Waals surface area contributed by atoms with Gasteiger partial charge in [-0.25, -0.2) is 13.1 Å². The summed E-state index contributed by atoms with van der Waals surface area (Å²) < 4.78 is 70.6. The first-order chi connectivity index (χ1) is 14.1. The molecular weight excluding hydrogens is 445 g/mol. The van der Waals surface area contributed by atoms with Crippen LogP contribution in [0.2, 0.25) is 5.02 Å². The Morgan fingerprint density at radius 1 is 1.07 bits per heavy atom. The molecule has 0 atom stereocenters. The van der Waals surface area contributed by atoms with Gasteiger partial charge in [0.1, 0.15) is 5.75 Å². The molecule has 0 aliphatic heterocycles. The van der Waals surface area contributed by atoms with Gasteiger partial charge in [0.05, 0.1) is 22.1 Å². The molecule has 0 aromatic heterocycles. The second kappa shape index (κ2) is 10.6. The number of alkyl halides is 3. The van der Waals surface area contributed by atoms with Crippen molar-refractivity contribution in [2.24, 2.45) is 0 Å². The molecule has 2 rings (SSSR count). The highest BCUT2D eigenvalue weighted by atomic mass is 35.5. The Morgan fingerprint density at radius 3 is 2.43 bits per heavy atom. The van der Waals surface area contributed by atoms with E-state index in [2.05, 4.69) is 10.0 Å². The summed E-state index contributed by atoms with van der Waals surface area (Å²) in [5.74, 6) is 0.318. The lowest BCUT2D eigenvalue weighted by Gasteiger charge is -2.12. The first-order valence-electron chi connectivity index (χ1n) is 8.90. The third kappa shape index (κ3) is 7.51. The second-order valence-electron chi connectivity index (χ2n) is 6.15. The Morgan fingerprint density at radius 2 is 1.77 bits per heavy atom. The van der Waals surface area contributed by atoms with Crippen molar-refractivity contribution in [2.45, 2.75) is 23.9 Å². The standard InChI is InChI=1S/C19H20ClF3N2O4S/c20-17-8-7-15(13-16(17)19(21,22)23)30(27,28)25-11-9-18(26)24-10-4-12-29-14-5-2-1-3-6-14/h1-3,5-8,13,25H,4,9-12H2,(H,24,26). The average molecular weight is 465 g/mol. The Hall–Kier alpha value is -2.30. The van der Waals surface area contributed by atoms with Crippen LogP contribution in [0.1, 0.15) is 18.4 Å². The summed E-state index contributed by atoms with van der Waals surface area (Å²) in [6.07, 6.45) is -4.40. The van der Waals surface area contributed by atoms with Crippen molar-refractivity contribution < 1.29 is 31.1 Å². The molecule has 0 unspecified atom stereocenters. The fraction of sp³-hybridized carbons (Fsp3) is 0.316. The Bertz CT molecular complexity index is 954. The van der Waals surface area contributed by atoms with Crippen LogP contribution in [-0.4, -0.2) is 34.0 Å². The van der Waals surface area contributed by atoms with Crippen LogP contribution in [0.15, 0.2) is 53.4 Å². The first kappa shape index (κ1) is 24.0. The van der Waals surface area contributed by atoms with Crippen molar-refractivity contribution in [3.63, 3.8) is 0 Å². The largest absolute Gasteiger partial charge is 0.494 e. The molecule has 0 aliphatic rings. The SMILES string of the molecule is O=C(CCNS(=O)(=O)c1ccc(Cl)c(C(F)(F)F)c1)NCCCOc1ccccc1. The molecule has 2 aromatic carbocycles. The third-order valence-electron chi connectivity index (χ3n) is 3.85. The molecule has 0 heterocycles. The number of ether oxygens (including phenoxy) is 1. The highest BCUT2D eigenvalue weighted by Crippen LogP contribution is 2.35. The monoisotopic (exact) mass is 464 g/mol. The first-order valence-corrected chi connectivity index (χ1v) is 10.8. The van der Waals surface area contributed by atoms with Crippen molar-refractivity contribution in [2.75, 3.05) is 19.7 Å². The highest BCUT2D eigenvalue weighted by Gasteiger charge is 2.34. The lowest BCUT2D eigenvalue weighted by atomic mass is 10.2. The van der Waals surface area contributed by atoms with Gasteiger partial charge in [0, 0.05) is 19.5 Å². The lowest BCUT2D eigenvalue weighted by molar-refractivity contribution is -0.137. The fourth-order valence-corrected chi connectivity index (χ4v) is 3.65. The number of rotatable bonds is 10. The molecule has 0 bridgehead atoms. The predicted molar refractivity (Wildman–Crippen MR) is 106 cm³/mol. The predicted octanol–water partition coefficient (Wildman–Crippen LogP) is 3.61. The normalized spacial score (nSPS) is 11.9. The molecule has 30 heavy (non-hydrogen) atoms. The number of carbonyl (C=O) groups excluding carboxylic acids is 1. The zero-order valence-corrected chi connectivity index (χ0v) is 17.3. The number of hydrogen-bond acceptors (Lipinski definition) is 4. The molecule has 0 saturated carbocycles.